The van der Waals surface area contributed by atoms with E-state index < -0.39 is 24.1 Å². The lowest BCUT2D eigenvalue weighted by molar-refractivity contribution is -0.135. The number of imide groups is 1. The van der Waals surface area contributed by atoms with Crippen molar-refractivity contribution in [1.82, 2.24) is 39.5 Å². The lowest BCUT2D eigenvalue weighted by Gasteiger charge is -2.31. The molecule has 3 amide bonds. The smallest absolute Gasteiger partial charge is 0.284 e. The van der Waals surface area contributed by atoms with Crippen LogP contribution in [-0.2, 0) is 20.7 Å². The molecule has 0 radical (unpaired) electrons. The van der Waals surface area contributed by atoms with Gasteiger partial charge in [-0.2, -0.15) is 5.10 Å². The van der Waals surface area contributed by atoms with Gasteiger partial charge in [0.1, 0.15) is 23.8 Å². The van der Waals surface area contributed by atoms with E-state index in [1.807, 2.05) is 16.7 Å². The summed E-state index contributed by atoms with van der Waals surface area (Å²) in [5, 5.41) is 14.7. The zero-order chi connectivity index (χ0) is 44.2. The van der Waals surface area contributed by atoms with Gasteiger partial charge in [-0.3, -0.25) is 24.4 Å². The summed E-state index contributed by atoms with van der Waals surface area (Å²) in [6.07, 6.45) is 12.6. The number of fused-ring (bicyclic) bond motifs is 3. The van der Waals surface area contributed by atoms with Gasteiger partial charge in [-0.1, -0.05) is 6.07 Å². The summed E-state index contributed by atoms with van der Waals surface area (Å²) >= 11 is 0. The minimum atomic E-state index is -2.86. The predicted octanol–water partition coefficient (Wildman–Crippen LogP) is 8.13. The van der Waals surface area contributed by atoms with E-state index >= 15 is 0 Å². The zero-order valence-corrected chi connectivity index (χ0v) is 36.0. The number of aryl methyl sites for hydroxylation is 1. The van der Waals surface area contributed by atoms with E-state index in [1.54, 1.807) is 29.2 Å². The van der Waals surface area contributed by atoms with Crippen LogP contribution in [-0.4, -0.2) is 91.8 Å². The number of piperidine rings is 1. The van der Waals surface area contributed by atoms with Crippen LogP contribution in [0.3, 0.4) is 0 Å². The van der Waals surface area contributed by atoms with E-state index in [9.17, 15) is 23.2 Å². The molecule has 1 atom stereocenters. The molecule has 6 heterocycles. The summed E-state index contributed by atoms with van der Waals surface area (Å²) in [5.41, 5.74) is 3.00. The summed E-state index contributed by atoms with van der Waals surface area (Å²) in [4.78, 5) is 53.4. The highest BCUT2D eigenvalue weighted by Gasteiger charge is 2.32. The number of carbonyl (C=O) groups excluding carboxylic acids is 3. The number of anilines is 2. The molecular weight excluding hydrogens is 823 g/mol. The summed E-state index contributed by atoms with van der Waals surface area (Å²) in [5.74, 6) is 0.909. The first-order valence-corrected chi connectivity index (χ1v) is 22.5. The van der Waals surface area contributed by atoms with Crippen LogP contribution in [0.2, 0.25) is 0 Å². The molecular formula is C47H54F2N10O5. The van der Waals surface area contributed by atoms with E-state index in [0.29, 0.717) is 49.3 Å². The number of halogens is 2. The molecule has 2 aliphatic carbocycles. The van der Waals surface area contributed by atoms with Gasteiger partial charge in [-0.05, 0) is 125 Å². The van der Waals surface area contributed by atoms with Gasteiger partial charge in [0, 0.05) is 74.2 Å². The monoisotopic (exact) mass is 876 g/mol. The number of hydrogen-bond donors (Lipinski definition) is 3. The molecule has 2 saturated carbocycles. The van der Waals surface area contributed by atoms with E-state index in [4.69, 9.17) is 9.15 Å². The Kier molecular flexibility index (Phi) is 13.1. The first-order valence-electron chi connectivity index (χ1n) is 22.5. The van der Waals surface area contributed by atoms with Crippen LogP contribution in [0.5, 0.6) is 0 Å². The second kappa shape index (κ2) is 19.4. The fraction of sp³-hybridized carbons (Fsp3) is 0.468. The number of nitrogens with one attached hydrogen (secondary N) is 3. The summed E-state index contributed by atoms with van der Waals surface area (Å²) in [6.45, 7) is 4.04. The summed E-state index contributed by atoms with van der Waals surface area (Å²) in [6, 6.07) is 13.3. The maximum atomic E-state index is 14.2. The number of rotatable bonds is 19. The fourth-order valence-corrected chi connectivity index (χ4v) is 9.14. The Bertz CT molecular complexity index is 2610. The number of amides is 3. The molecule has 1 aliphatic heterocycles. The molecule has 1 unspecified atom stereocenters. The maximum absolute atomic E-state index is 14.2. The Balaban J connectivity index is 0.693. The number of alkyl halides is 2. The second-order valence-corrected chi connectivity index (χ2v) is 17.5. The molecule has 64 heavy (non-hydrogen) atoms. The minimum absolute atomic E-state index is 0.0246. The molecule has 0 bridgehead atoms. The van der Waals surface area contributed by atoms with E-state index in [-0.39, 0.29) is 35.1 Å². The Labute approximate surface area is 369 Å². The van der Waals surface area contributed by atoms with Gasteiger partial charge < -0.3 is 29.3 Å². The topological polar surface area (TPSA) is 174 Å². The molecule has 15 nitrogen and oxygen atoms in total. The minimum Gasteiger partial charge on any atom is -0.444 e. The molecule has 3 N–H and O–H groups in total. The van der Waals surface area contributed by atoms with Crippen LogP contribution >= 0.6 is 0 Å². The largest absolute Gasteiger partial charge is 0.444 e. The van der Waals surface area contributed by atoms with Crippen molar-refractivity contribution in [1.29, 1.82) is 0 Å². The molecule has 0 spiro atoms. The highest BCUT2D eigenvalue weighted by Crippen LogP contribution is 2.37. The van der Waals surface area contributed by atoms with Crippen LogP contribution in [0.4, 0.5) is 20.3 Å². The molecule has 9 rings (SSSR count). The Morgan fingerprint density at radius 2 is 1.81 bits per heavy atom. The van der Waals surface area contributed by atoms with Crippen LogP contribution < -0.4 is 16.0 Å². The van der Waals surface area contributed by atoms with Gasteiger partial charge in [0.25, 0.3) is 12.3 Å². The fourth-order valence-electron chi connectivity index (χ4n) is 9.14. The number of aromatic nitrogens is 6. The molecule has 1 saturated heterocycles. The Hall–Kier alpha value is -6.07. The number of hydrogen-bond acceptors (Lipinski definition) is 11. The first-order chi connectivity index (χ1) is 31.2. The SMILES string of the molecule is CN(CCCOCCCc1ccc2c(c1)c1cccnc1n2C1CCC(=O)NC1=O)CC1CCC(n2cc(NC(=O)c3coc(-c4ccnc(NCC5CC5)c4)n3)c(C(F)F)n2)CC1. The molecule has 336 valence electrons. The van der Waals surface area contributed by atoms with Crippen LogP contribution in [0.25, 0.3) is 33.4 Å². The molecule has 6 aromatic rings. The predicted molar refractivity (Wildman–Crippen MR) is 237 cm³/mol. The van der Waals surface area contributed by atoms with E-state index in [1.165, 1.54) is 30.9 Å². The number of ether oxygens (including phenoxy) is 1. The third kappa shape index (κ3) is 10.00. The standard InChI is InChI=1S/C47H54F2N10O5/c1-57(20-4-22-63-21-3-5-29-11-14-38-35(23-29)34-6-2-18-51-44(34)59(38)39-15-16-41(60)55-46(39)62)26-31-9-12-33(13-10-31)58-27-36(42(56-58)43(48)49)53-45(61)37-28-64-47(54-37)32-17-19-50-40(24-32)52-25-30-7-8-30/h2,6,11,14,17-19,23-24,27-28,30-31,33,39,43H,3-5,7-10,12-13,15-16,20-22,25-26H2,1H3,(H,50,52)(H,53,61)(H,55,60,62). The molecule has 3 fully saturated rings. The maximum Gasteiger partial charge on any atom is 0.284 e. The molecule has 5 aromatic heterocycles. The van der Waals surface area contributed by atoms with E-state index in [0.717, 1.165) is 86.5 Å². The summed E-state index contributed by atoms with van der Waals surface area (Å²) in [7, 11) is 2.13. The van der Waals surface area contributed by atoms with Crippen molar-refractivity contribution in [2.75, 3.05) is 50.5 Å². The molecule has 17 heteroatoms. The van der Waals surface area contributed by atoms with Crippen molar-refractivity contribution >= 4 is 51.2 Å². The normalized spacial score (nSPS) is 19.2. The summed E-state index contributed by atoms with van der Waals surface area (Å²) < 4.78 is 43.5. The number of pyridine rings is 2. The second-order valence-electron chi connectivity index (χ2n) is 17.5. The van der Waals surface area contributed by atoms with Crippen LogP contribution in [0, 0.1) is 11.8 Å². The average Bonchev–Trinajstić information content (AvgIpc) is 3.66. The number of nitrogens with zero attached hydrogens (tertiary/aromatic N) is 7. The van der Waals surface area contributed by atoms with Gasteiger partial charge in [0.05, 0.1) is 17.2 Å². The average molecular weight is 877 g/mol. The molecule has 3 aliphatic rings. The van der Waals surface area contributed by atoms with Crippen molar-refractivity contribution in [3.05, 3.63) is 84.3 Å². The Morgan fingerprint density at radius 3 is 2.62 bits per heavy atom. The third-order valence-corrected chi connectivity index (χ3v) is 12.7. The Morgan fingerprint density at radius 1 is 0.984 bits per heavy atom. The number of carbonyl (C=O) groups is 3. The van der Waals surface area contributed by atoms with Gasteiger partial charge in [-0.25, -0.2) is 23.7 Å². The van der Waals surface area contributed by atoms with Crippen molar-refractivity contribution in [2.45, 2.75) is 89.1 Å². The lowest BCUT2D eigenvalue weighted by Crippen LogP contribution is -2.41. The zero-order valence-electron chi connectivity index (χ0n) is 36.0. The lowest BCUT2D eigenvalue weighted by atomic mass is 9.86. The quantitative estimate of drug-likeness (QED) is 0.0530. The van der Waals surface area contributed by atoms with Gasteiger partial charge >= 0.3 is 0 Å². The molecule has 1 aromatic carbocycles. The third-order valence-electron chi connectivity index (χ3n) is 12.7. The van der Waals surface area contributed by atoms with Crippen LogP contribution in [0.15, 0.2) is 71.7 Å². The van der Waals surface area contributed by atoms with E-state index in [2.05, 4.69) is 66.1 Å². The van der Waals surface area contributed by atoms with Gasteiger partial charge in [-0.15, -0.1) is 0 Å². The number of oxazole rings is 1. The van der Waals surface area contributed by atoms with Crippen molar-refractivity contribution in [2.24, 2.45) is 11.8 Å². The number of benzene rings is 1. The van der Waals surface area contributed by atoms with Crippen LogP contribution in [0.1, 0.15) is 104 Å². The highest BCUT2D eigenvalue weighted by atomic mass is 19.3. The first kappa shape index (κ1) is 43.2. The highest BCUT2D eigenvalue weighted by molar-refractivity contribution is 6.09. The van der Waals surface area contributed by atoms with Crippen molar-refractivity contribution < 1.29 is 32.3 Å². The van der Waals surface area contributed by atoms with Gasteiger partial charge in [0.2, 0.25) is 17.7 Å². The van der Waals surface area contributed by atoms with Crippen molar-refractivity contribution in [3.63, 3.8) is 0 Å². The van der Waals surface area contributed by atoms with Crippen molar-refractivity contribution in [3.8, 4) is 11.5 Å². The van der Waals surface area contributed by atoms with Gasteiger partial charge in [0.15, 0.2) is 11.4 Å².